The first kappa shape index (κ1) is 16.3. The molecule has 2 unspecified atom stereocenters. The van der Waals surface area contributed by atoms with E-state index in [0.717, 1.165) is 32.4 Å². The minimum absolute atomic E-state index is 0.0954. The zero-order valence-electron chi connectivity index (χ0n) is 14.1. The minimum Gasteiger partial charge on any atom is -0.451 e. The highest BCUT2D eigenvalue weighted by Gasteiger charge is 2.33. The van der Waals surface area contributed by atoms with E-state index in [1.807, 2.05) is 0 Å². The number of carbonyl (C=O) groups excluding carboxylic acids is 1. The minimum atomic E-state index is -0.249. The lowest BCUT2D eigenvalue weighted by Crippen LogP contribution is -2.53. The van der Waals surface area contributed by atoms with Gasteiger partial charge in [-0.1, -0.05) is 12.1 Å². The van der Waals surface area contributed by atoms with Gasteiger partial charge >= 0.3 is 0 Å². The Morgan fingerprint density at radius 1 is 1.12 bits per heavy atom. The van der Waals surface area contributed by atoms with Crippen LogP contribution in [0.4, 0.5) is 0 Å². The molecule has 0 radical (unpaired) electrons. The van der Waals surface area contributed by atoms with Crippen LogP contribution >= 0.6 is 0 Å². The highest BCUT2D eigenvalue weighted by atomic mass is 16.3. The molecule has 1 aliphatic heterocycles. The van der Waals surface area contributed by atoms with E-state index in [0.29, 0.717) is 24.1 Å². The monoisotopic (exact) mass is 342 g/mol. The first-order chi connectivity index (χ1) is 12.1. The van der Waals surface area contributed by atoms with E-state index in [-0.39, 0.29) is 29.2 Å². The Morgan fingerprint density at radius 2 is 1.88 bits per heavy atom. The average Bonchev–Trinajstić information content (AvgIpc) is 3.07. The Morgan fingerprint density at radius 3 is 2.60 bits per heavy atom. The van der Waals surface area contributed by atoms with Crippen molar-refractivity contribution in [2.24, 2.45) is 0 Å². The molecule has 1 saturated carbocycles. The van der Waals surface area contributed by atoms with Gasteiger partial charge in [-0.2, -0.15) is 0 Å². The largest absolute Gasteiger partial charge is 0.451 e. The van der Waals surface area contributed by atoms with Gasteiger partial charge in [0.2, 0.25) is 0 Å². The van der Waals surface area contributed by atoms with E-state index >= 15 is 0 Å². The van der Waals surface area contributed by atoms with E-state index < -0.39 is 0 Å². The zero-order valence-corrected chi connectivity index (χ0v) is 14.1. The molecule has 25 heavy (non-hydrogen) atoms. The first-order valence-corrected chi connectivity index (χ1v) is 8.88. The maximum atomic E-state index is 12.7. The number of amides is 1. The fourth-order valence-corrected chi connectivity index (χ4v) is 3.97. The van der Waals surface area contributed by atoms with Crippen molar-refractivity contribution < 1.29 is 14.3 Å². The average molecular weight is 342 g/mol. The summed E-state index contributed by atoms with van der Waals surface area (Å²) < 4.78 is 5.66. The highest BCUT2D eigenvalue weighted by Crippen LogP contribution is 2.25. The van der Waals surface area contributed by atoms with Crippen molar-refractivity contribution in [1.82, 2.24) is 9.80 Å². The zero-order chi connectivity index (χ0) is 17.4. The van der Waals surface area contributed by atoms with Gasteiger partial charge in [0.15, 0.2) is 11.2 Å². The number of aliphatic hydroxyl groups excluding tert-OH is 1. The van der Waals surface area contributed by atoms with Crippen molar-refractivity contribution in [2.45, 2.75) is 31.4 Å². The van der Waals surface area contributed by atoms with Crippen molar-refractivity contribution in [1.29, 1.82) is 0 Å². The number of carbonyl (C=O) groups is 1. The number of hydrogen-bond donors (Lipinski definition) is 1. The second-order valence-electron chi connectivity index (χ2n) is 6.86. The van der Waals surface area contributed by atoms with Gasteiger partial charge in [-0.05, 0) is 31.4 Å². The molecule has 1 aromatic carbocycles. The third kappa shape index (κ3) is 3.07. The Hall–Kier alpha value is -2.18. The third-order valence-corrected chi connectivity index (χ3v) is 5.36. The van der Waals surface area contributed by atoms with Gasteiger partial charge in [-0.15, -0.1) is 0 Å². The quantitative estimate of drug-likeness (QED) is 0.894. The first-order valence-electron chi connectivity index (χ1n) is 8.88. The van der Waals surface area contributed by atoms with Crippen LogP contribution in [0.5, 0.6) is 0 Å². The van der Waals surface area contributed by atoms with Crippen molar-refractivity contribution in [2.75, 3.05) is 26.2 Å². The molecule has 4 rings (SSSR count). The number of hydrogen-bond acceptors (Lipinski definition) is 5. The number of piperazine rings is 1. The molecule has 1 saturated heterocycles. The Balaban J connectivity index is 1.48. The number of fused-ring (bicyclic) bond motifs is 1. The van der Waals surface area contributed by atoms with E-state index in [4.69, 9.17) is 4.42 Å². The van der Waals surface area contributed by atoms with Gasteiger partial charge in [0.05, 0.1) is 11.5 Å². The van der Waals surface area contributed by atoms with Crippen LogP contribution in [0.2, 0.25) is 0 Å². The fraction of sp³-hybridized carbons (Fsp3) is 0.474. The van der Waals surface area contributed by atoms with E-state index in [9.17, 15) is 14.7 Å². The maximum absolute atomic E-state index is 12.7. The summed E-state index contributed by atoms with van der Waals surface area (Å²) in [6.45, 7) is 2.65. The molecule has 2 fully saturated rings. The molecule has 1 N–H and O–H groups in total. The van der Waals surface area contributed by atoms with Crippen LogP contribution in [0.3, 0.4) is 0 Å². The van der Waals surface area contributed by atoms with Crippen molar-refractivity contribution >= 4 is 16.9 Å². The molecular weight excluding hydrogens is 320 g/mol. The molecule has 2 aromatic rings. The molecule has 0 spiro atoms. The summed E-state index contributed by atoms with van der Waals surface area (Å²) in [5.74, 6) is -0.146. The number of rotatable bonds is 2. The Bertz CT molecular complexity index is 839. The van der Waals surface area contributed by atoms with E-state index in [2.05, 4.69) is 4.90 Å². The molecule has 6 nitrogen and oxygen atoms in total. The smallest absolute Gasteiger partial charge is 0.289 e. The van der Waals surface area contributed by atoms with Crippen LogP contribution in [-0.2, 0) is 0 Å². The lowest BCUT2D eigenvalue weighted by Gasteiger charge is -2.38. The Labute approximate surface area is 145 Å². The van der Waals surface area contributed by atoms with Crippen molar-refractivity contribution in [3.63, 3.8) is 0 Å². The second-order valence-corrected chi connectivity index (χ2v) is 6.86. The lowest BCUT2D eigenvalue weighted by atomic mass is 10.1. The molecule has 2 atom stereocenters. The molecule has 0 bridgehead atoms. The summed E-state index contributed by atoms with van der Waals surface area (Å²) in [7, 11) is 0. The molecular formula is C19H22N2O4. The van der Waals surface area contributed by atoms with E-state index in [1.54, 1.807) is 29.2 Å². The van der Waals surface area contributed by atoms with E-state index in [1.165, 1.54) is 6.07 Å². The molecule has 1 amide bonds. The van der Waals surface area contributed by atoms with Crippen molar-refractivity contribution in [3.05, 3.63) is 46.3 Å². The lowest BCUT2D eigenvalue weighted by molar-refractivity contribution is 0.0302. The molecule has 2 aliphatic rings. The van der Waals surface area contributed by atoms with Crippen LogP contribution in [0.15, 0.2) is 39.5 Å². The number of nitrogens with zero attached hydrogens (tertiary/aromatic N) is 2. The van der Waals surface area contributed by atoms with Gasteiger partial charge in [0, 0.05) is 38.3 Å². The molecule has 6 heteroatoms. The summed E-state index contributed by atoms with van der Waals surface area (Å²) in [6.07, 6.45) is 2.70. The topological polar surface area (TPSA) is 74.0 Å². The van der Waals surface area contributed by atoms with Crippen LogP contribution < -0.4 is 5.43 Å². The predicted molar refractivity (Wildman–Crippen MR) is 93.6 cm³/mol. The van der Waals surface area contributed by atoms with Gasteiger partial charge in [-0.25, -0.2) is 0 Å². The van der Waals surface area contributed by atoms with Gasteiger partial charge < -0.3 is 14.4 Å². The van der Waals surface area contributed by atoms with Crippen LogP contribution in [0.1, 0.15) is 29.8 Å². The van der Waals surface area contributed by atoms with Gasteiger partial charge in [0.1, 0.15) is 5.58 Å². The molecule has 132 valence electrons. The Kier molecular flexibility index (Phi) is 4.31. The predicted octanol–water partition coefficient (Wildman–Crippen LogP) is 1.46. The van der Waals surface area contributed by atoms with Gasteiger partial charge in [-0.3, -0.25) is 14.5 Å². The second kappa shape index (κ2) is 6.61. The summed E-state index contributed by atoms with van der Waals surface area (Å²) in [6, 6.07) is 8.46. The summed E-state index contributed by atoms with van der Waals surface area (Å²) in [5, 5.41) is 10.5. The summed E-state index contributed by atoms with van der Waals surface area (Å²) >= 11 is 0. The SMILES string of the molecule is O=C(c1cc(=O)c2ccccc2o1)N1CCN(C2CCCC2O)CC1. The maximum Gasteiger partial charge on any atom is 0.289 e. The normalized spacial score (nSPS) is 24.8. The number of aliphatic hydroxyl groups is 1. The van der Waals surface area contributed by atoms with Crippen LogP contribution in [0.25, 0.3) is 11.0 Å². The van der Waals surface area contributed by atoms with Crippen LogP contribution in [0, 0.1) is 0 Å². The van der Waals surface area contributed by atoms with Crippen molar-refractivity contribution in [3.8, 4) is 0 Å². The summed E-state index contributed by atoms with van der Waals surface area (Å²) in [4.78, 5) is 28.9. The third-order valence-electron chi connectivity index (χ3n) is 5.36. The fourth-order valence-electron chi connectivity index (χ4n) is 3.97. The summed E-state index contributed by atoms with van der Waals surface area (Å²) in [5.41, 5.74) is 0.240. The molecule has 1 aliphatic carbocycles. The molecule has 2 heterocycles. The highest BCUT2D eigenvalue weighted by molar-refractivity contribution is 5.93. The standard InChI is InChI=1S/C19H22N2O4/c22-15-6-3-5-14(15)20-8-10-21(11-9-20)19(24)18-12-16(23)13-4-1-2-7-17(13)25-18/h1-2,4,7,12,14-15,22H,3,5-6,8-11H2. The van der Waals surface area contributed by atoms with Crippen LogP contribution in [-0.4, -0.2) is 59.1 Å². The molecule has 1 aromatic heterocycles. The number of benzene rings is 1. The van der Waals surface area contributed by atoms with Gasteiger partial charge in [0.25, 0.3) is 5.91 Å². The number of para-hydroxylation sites is 1.